The Labute approximate surface area is 135 Å². The van der Waals surface area contributed by atoms with Crippen LogP contribution in [0.1, 0.15) is 18.5 Å². The number of oxazole rings is 1. The van der Waals surface area contributed by atoms with E-state index in [1.165, 1.54) is 0 Å². The van der Waals surface area contributed by atoms with E-state index in [0.717, 1.165) is 43.7 Å². The Morgan fingerprint density at radius 3 is 2.81 bits per heavy atom. The third-order valence-corrected chi connectivity index (χ3v) is 3.88. The van der Waals surface area contributed by atoms with E-state index in [4.69, 9.17) is 21.8 Å². The molecule has 1 aliphatic heterocycles. The van der Waals surface area contributed by atoms with E-state index in [0.29, 0.717) is 17.0 Å². The summed E-state index contributed by atoms with van der Waals surface area (Å²) in [7, 11) is 0. The lowest BCUT2D eigenvalue weighted by atomic mass is 10.1. The first-order valence-electron chi connectivity index (χ1n) is 6.89. The highest BCUT2D eigenvalue weighted by atomic mass is 35.5. The molecule has 6 heteroatoms. The number of nitrogens with two attached hydrogens (primary N) is 1. The monoisotopic (exact) mass is 327 g/mol. The van der Waals surface area contributed by atoms with Gasteiger partial charge in [0.25, 0.3) is 0 Å². The van der Waals surface area contributed by atoms with Crippen molar-refractivity contribution in [3.8, 4) is 11.5 Å². The van der Waals surface area contributed by atoms with Crippen molar-refractivity contribution in [2.45, 2.75) is 25.4 Å². The zero-order valence-electron chi connectivity index (χ0n) is 11.7. The van der Waals surface area contributed by atoms with Crippen LogP contribution in [0.4, 0.5) is 0 Å². The minimum atomic E-state index is 0. The van der Waals surface area contributed by atoms with E-state index in [1.807, 2.05) is 24.3 Å². The van der Waals surface area contributed by atoms with Gasteiger partial charge in [-0.25, -0.2) is 4.98 Å². The molecular weight excluding hydrogens is 309 g/mol. The summed E-state index contributed by atoms with van der Waals surface area (Å²) in [6.07, 6.45) is 3.84. The molecule has 0 saturated carbocycles. The quantitative estimate of drug-likeness (QED) is 0.939. The molecule has 1 aliphatic rings. The van der Waals surface area contributed by atoms with Gasteiger partial charge in [-0.15, -0.1) is 12.4 Å². The standard InChI is InChI=1S/C15H18ClN3O.ClH/c16-12-3-1-2-11(8-12)15-18-14(10-20-15)9-19-6-4-13(17)5-7-19;/h1-3,8,10,13H,4-7,9,17H2;1H. The summed E-state index contributed by atoms with van der Waals surface area (Å²) in [4.78, 5) is 6.90. The van der Waals surface area contributed by atoms with Gasteiger partial charge in [0.1, 0.15) is 6.26 Å². The van der Waals surface area contributed by atoms with E-state index in [2.05, 4.69) is 9.88 Å². The van der Waals surface area contributed by atoms with E-state index < -0.39 is 0 Å². The molecule has 0 radical (unpaired) electrons. The Bertz CT molecular complexity index is 580. The van der Waals surface area contributed by atoms with Crippen molar-refractivity contribution in [1.29, 1.82) is 0 Å². The average molecular weight is 328 g/mol. The van der Waals surface area contributed by atoms with Crippen molar-refractivity contribution in [1.82, 2.24) is 9.88 Å². The van der Waals surface area contributed by atoms with Crippen LogP contribution in [-0.2, 0) is 6.54 Å². The molecule has 0 amide bonds. The zero-order valence-corrected chi connectivity index (χ0v) is 13.2. The molecule has 114 valence electrons. The van der Waals surface area contributed by atoms with E-state index in [9.17, 15) is 0 Å². The highest BCUT2D eigenvalue weighted by Crippen LogP contribution is 2.22. The lowest BCUT2D eigenvalue weighted by Crippen LogP contribution is -2.39. The van der Waals surface area contributed by atoms with Crippen LogP contribution in [0.5, 0.6) is 0 Å². The van der Waals surface area contributed by atoms with Crippen LogP contribution in [-0.4, -0.2) is 29.0 Å². The summed E-state index contributed by atoms with van der Waals surface area (Å²) in [5, 5.41) is 0.687. The van der Waals surface area contributed by atoms with E-state index in [-0.39, 0.29) is 12.4 Å². The van der Waals surface area contributed by atoms with Crippen molar-refractivity contribution < 1.29 is 4.42 Å². The lowest BCUT2D eigenvalue weighted by molar-refractivity contribution is 0.203. The highest BCUT2D eigenvalue weighted by Gasteiger charge is 2.17. The number of hydrogen-bond acceptors (Lipinski definition) is 4. The summed E-state index contributed by atoms with van der Waals surface area (Å²) in [5.41, 5.74) is 7.77. The van der Waals surface area contributed by atoms with Gasteiger partial charge in [0.05, 0.1) is 5.69 Å². The van der Waals surface area contributed by atoms with Crippen LogP contribution in [0.3, 0.4) is 0 Å². The van der Waals surface area contributed by atoms with Crippen LogP contribution in [0.15, 0.2) is 34.9 Å². The number of benzene rings is 1. The predicted molar refractivity (Wildman–Crippen MR) is 86.7 cm³/mol. The van der Waals surface area contributed by atoms with E-state index in [1.54, 1.807) is 6.26 Å². The largest absolute Gasteiger partial charge is 0.444 e. The molecule has 0 bridgehead atoms. The Hall–Kier alpha value is -1.07. The van der Waals surface area contributed by atoms with Crippen molar-refractivity contribution >= 4 is 24.0 Å². The molecule has 3 rings (SSSR count). The van der Waals surface area contributed by atoms with Gasteiger partial charge in [-0.05, 0) is 31.0 Å². The maximum Gasteiger partial charge on any atom is 0.226 e. The van der Waals surface area contributed by atoms with Crippen molar-refractivity contribution in [3.63, 3.8) is 0 Å². The lowest BCUT2D eigenvalue weighted by Gasteiger charge is -2.29. The predicted octanol–water partition coefficient (Wildman–Crippen LogP) is 3.34. The third-order valence-electron chi connectivity index (χ3n) is 3.64. The molecule has 1 aromatic carbocycles. The molecule has 0 aliphatic carbocycles. The molecule has 1 fully saturated rings. The number of hydrogen-bond donors (Lipinski definition) is 1. The molecular formula is C15H19Cl2N3O. The Morgan fingerprint density at radius 1 is 1.33 bits per heavy atom. The summed E-state index contributed by atoms with van der Waals surface area (Å²) in [5.74, 6) is 0.621. The topological polar surface area (TPSA) is 55.3 Å². The van der Waals surface area contributed by atoms with Gasteiger partial charge in [0, 0.05) is 36.3 Å². The molecule has 1 saturated heterocycles. The first kappa shape index (κ1) is 16.3. The summed E-state index contributed by atoms with van der Waals surface area (Å²) < 4.78 is 5.55. The second-order valence-corrected chi connectivity index (χ2v) is 5.70. The molecule has 0 atom stereocenters. The van der Waals surface area contributed by atoms with Gasteiger partial charge in [0.15, 0.2) is 0 Å². The third kappa shape index (κ3) is 4.20. The number of piperidine rings is 1. The Balaban J connectivity index is 0.00000161. The fourth-order valence-corrected chi connectivity index (χ4v) is 2.66. The smallest absolute Gasteiger partial charge is 0.226 e. The van der Waals surface area contributed by atoms with Crippen LogP contribution < -0.4 is 5.73 Å². The second kappa shape index (κ2) is 7.27. The van der Waals surface area contributed by atoms with Gasteiger partial charge < -0.3 is 10.2 Å². The minimum absolute atomic E-state index is 0. The van der Waals surface area contributed by atoms with Crippen molar-refractivity contribution in [2.75, 3.05) is 13.1 Å². The van der Waals surface area contributed by atoms with Gasteiger partial charge in [-0.3, -0.25) is 4.90 Å². The first-order valence-corrected chi connectivity index (χ1v) is 7.27. The van der Waals surface area contributed by atoms with Gasteiger partial charge in [0.2, 0.25) is 5.89 Å². The molecule has 4 nitrogen and oxygen atoms in total. The van der Waals surface area contributed by atoms with Crippen LogP contribution in [0.2, 0.25) is 5.02 Å². The molecule has 0 unspecified atom stereocenters. The molecule has 0 spiro atoms. The fourth-order valence-electron chi connectivity index (χ4n) is 2.47. The van der Waals surface area contributed by atoms with Crippen LogP contribution >= 0.6 is 24.0 Å². The van der Waals surface area contributed by atoms with Crippen molar-refractivity contribution in [2.24, 2.45) is 5.73 Å². The summed E-state index contributed by atoms with van der Waals surface area (Å²) >= 11 is 5.98. The summed E-state index contributed by atoms with van der Waals surface area (Å²) in [6, 6.07) is 7.89. The van der Waals surface area contributed by atoms with Crippen LogP contribution in [0.25, 0.3) is 11.5 Å². The SMILES string of the molecule is Cl.NC1CCN(Cc2coc(-c3cccc(Cl)c3)n2)CC1. The molecule has 1 aromatic heterocycles. The number of nitrogens with zero attached hydrogens (tertiary/aromatic N) is 2. The van der Waals surface area contributed by atoms with Gasteiger partial charge >= 0.3 is 0 Å². The summed E-state index contributed by atoms with van der Waals surface area (Å²) in [6.45, 7) is 2.87. The van der Waals surface area contributed by atoms with Gasteiger partial charge in [-0.2, -0.15) is 0 Å². The second-order valence-electron chi connectivity index (χ2n) is 5.27. The molecule has 2 heterocycles. The maximum absolute atomic E-state index is 5.98. The van der Waals surface area contributed by atoms with Gasteiger partial charge in [-0.1, -0.05) is 17.7 Å². The maximum atomic E-state index is 5.98. The highest BCUT2D eigenvalue weighted by molar-refractivity contribution is 6.30. The Morgan fingerprint density at radius 2 is 2.10 bits per heavy atom. The molecule has 21 heavy (non-hydrogen) atoms. The zero-order chi connectivity index (χ0) is 13.9. The minimum Gasteiger partial charge on any atom is -0.444 e. The molecule has 2 aromatic rings. The first-order chi connectivity index (χ1) is 9.70. The van der Waals surface area contributed by atoms with E-state index >= 15 is 0 Å². The average Bonchev–Trinajstić information content (AvgIpc) is 2.90. The Kier molecular flexibility index (Phi) is 5.65. The number of aromatic nitrogens is 1. The van der Waals surface area contributed by atoms with Crippen molar-refractivity contribution in [3.05, 3.63) is 41.2 Å². The molecule has 2 N–H and O–H groups in total. The fraction of sp³-hybridized carbons (Fsp3) is 0.400. The number of rotatable bonds is 3. The normalized spacial score (nSPS) is 16.7. The van der Waals surface area contributed by atoms with Crippen LogP contribution in [0, 0.1) is 0 Å². The number of halogens is 2. The number of likely N-dealkylation sites (tertiary alicyclic amines) is 1.